The van der Waals surface area contributed by atoms with Crippen LogP contribution in [0.4, 0.5) is 8.78 Å². The van der Waals surface area contributed by atoms with Crippen LogP contribution in [0.15, 0.2) is 53.5 Å². The second-order valence-electron chi connectivity index (χ2n) is 8.53. The Labute approximate surface area is 209 Å². The van der Waals surface area contributed by atoms with Gasteiger partial charge in [-0.05, 0) is 23.8 Å². The molecule has 0 atom stereocenters. The van der Waals surface area contributed by atoms with E-state index in [9.17, 15) is 28.3 Å². The molecule has 2 amide bonds. The zero-order valence-corrected chi connectivity index (χ0v) is 19.6. The number of aromatic nitrogens is 1. The van der Waals surface area contributed by atoms with Gasteiger partial charge in [0.2, 0.25) is 5.43 Å². The number of aromatic hydroxyl groups is 1. The summed E-state index contributed by atoms with van der Waals surface area (Å²) in [6.45, 7) is -0.250. The van der Waals surface area contributed by atoms with E-state index >= 15 is 0 Å². The van der Waals surface area contributed by atoms with Crippen molar-refractivity contribution in [3.8, 4) is 11.5 Å². The highest BCUT2D eigenvalue weighted by atomic mass is 19.1. The molecule has 0 saturated carbocycles. The number of carbonyl (C=O) groups is 2. The van der Waals surface area contributed by atoms with Crippen LogP contribution in [0.2, 0.25) is 0 Å². The summed E-state index contributed by atoms with van der Waals surface area (Å²) in [5.74, 6) is -3.33. The average Bonchev–Trinajstić information content (AvgIpc) is 2.88. The maximum Gasteiger partial charge on any atom is 0.275 e. The van der Waals surface area contributed by atoms with Crippen LogP contribution in [0.1, 0.15) is 37.7 Å². The first-order valence-corrected chi connectivity index (χ1v) is 11.2. The zero-order chi connectivity index (χ0) is 26.3. The van der Waals surface area contributed by atoms with Gasteiger partial charge >= 0.3 is 0 Å². The Balaban J connectivity index is 1.47. The number of nitrogens with zero attached hydrogens (tertiary/aromatic N) is 2. The Kier molecular flexibility index (Phi) is 6.12. The number of pyridine rings is 1. The molecule has 11 heteroatoms. The van der Waals surface area contributed by atoms with Crippen LogP contribution in [0.5, 0.6) is 11.5 Å². The number of hydrogen-bond donors (Lipinski definition) is 2. The molecule has 0 fully saturated rings. The van der Waals surface area contributed by atoms with E-state index in [1.54, 1.807) is 31.4 Å². The van der Waals surface area contributed by atoms with Crippen molar-refractivity contribution in [1.82, 2.24) is 14.8 Å². The van der Waals surface area contributed by atoms with Gasteiger partial charge < -0.3 is 29.4 Å². The van der Waals surface area contributed by atoms with E-state index in [1.165, 1.54) is 21.8 Å². The molecule has 9 nitrogen and oxygen atoms in total. The lowest BCUT2D eigenvalue weighted by Gasteiger charge is -2.35. The minimum absolute atomic E-state index is 0.00636. The third-order valence-corrected chi connectivity index (χ3v) is 6.23. The molecule has 0 saturated heterocycles. The smallest absolute Gasteiger partial charge is 0.275 e. The second-order valence-corrected chi connectivity index (χ2v) is 8.53. The van der Waals surface area contributed by atoms with Crippen molar-refractivity contribution in [2.45, 2.75) is 19.7 Å². The van der Waals surface area contributed by atoms with E-state index in [2.05, 4.69) is 5.32 Å². The lowest BCUT2D eigenvalue weighted by molar-refractivity contribution is 0.0723. The van der Waals surface area contributed by atoms with E-state index < -0.39 is 40.2 Å². The van der Waals surface area contributed by atoms with Crippen molar-refractivity contribution in [2.24, 2.45) is 0 Å². The van der Waals surface area contributed by atoms with E-state index in [-0.39, 0.29) is 43.2 Å². The van der Waals surface area contributed by atoms with Crippen LogP contribution in [-0.4, -0.2) is 40.0 Å². The van der Waals surface area contributed by atoms with Gasteiger partial charge in [0.15, 0.2) is 11.4 Å². The maximum atomic E-state index is 14.0. The number of amides is 2. The van der Waals surface area contributed by atoms with E-state index in [0.717, 1.165) is 11.6 Å². The van der Waals surface area contributed by atoms with Crippen molar-refractivity contribution in [2.75, 3.05) is 13.7 Å². The van der Waals surface area contributed by atoms with Gasteiger partial charge in [-0.15, -0.1) is 0 Å². The highest BCUT2D eigenvalue weighted by Crippen LogP contribution is 2.32. The third kappa shape index (κ3) is 4.28. The van der Waals surface area contributed by atoms with Gasteiger partial charge in [-0.25, -0.2) is 8.78 Å². The molecular weight excluding hydrogens is 488 g/mol. The molecule has 2 aliphatic rings. The van der Waals surface area contributed by atoms with Gasteiger partial charge in [0.05, 0.1) is 25.0 Å². The second kappa shape index (κ2) is 9.41. The monoisotopic (exact) mass is 509 g/mol. The summed E-state index contributed by atoms with van der Waals surface area (Å²) in [5, 5.41) is 13.2. The summed E-state index contributed by atoms with van der Waals surface area (Å²) >= 11 is 0. The number of methoxy groups -OCH3 is 1. The van der Waals surface area contributed by atoms with Gasteiger partial charge in [0, 0.05) is 24.7 Å². The zero-order valence-electron chi connectivity index (χ0n) is 19.6. The minimum Gasteiger partial charge on any atom is -0.503 e. The Morgan fingerprint density at radius 1 is 1.16 bits per heavy atom. The first kappa shape index (κ1) is 24.0. The molecule has 2 aliphatic heterocycles. The average molecular weight is 509 g/mol. The van der Waals surface area contributed by atoms with Crippen molar-refractivity contribution < 1.29 is 33.0 Å². The first-order chi connectivity index (χ1) is 17.8. The molecule has 0 unspecified atom stereocenters. The fraction of sp³-hybridized carbons (Fsp3) is 0.192. The van der Waals surface area contributed by atoms with Gasteiger partial charge in [-0.3, -0.25) is 14.4 Å². The lowest BCUT2D eigenvalue weighted by Crippen LogP contribution is -2.44. The number of halogens is 2. The molecule has 190 valence electrons. The predicted octanol–water partition coefficient (Wildman–Crippen LogP) is 2.76. The standard InChI is InChI=1S/C26H21F2N3O6/c1-36-18-6-2-14(3-7-18)10-30-11-17-12-37-13-20-21(23(32)24(33)22(26(30)35)31(17)20)25(34)29-9-15-4-5-16(27)8-19(15)28/h2-8,12,33H,9-11,13H2,1H3,(H,29,34). The lowest BCUT2D eigenvalue weighted by atomic mass is 10.0. The van der Waals surface area contributed by atoms with Crippen LogP contribution in [0.25, 0.3) is 5.70 Å². The number of ether oxygens (including phenoxy) is 2. The summed E-state index contributed by atoms with van der Waals surface area (Å²) in [5.41, 5.74) is -0.412. The molecule has 3 aromatic rings. The normalized spacial score (nSPS) is 14.0. The maximum absolute atomic E-state index is 14.0. The van der Waals surface area contributed by atoms with E-state index in [4.69, 9.17) is 9.47 Å². The number of nitrogens with one attached hydrogen (secondary N) is 1. The molecule has 3 heterocycles. The Hall–Kier alpha value is -4.67. The molecule has 37 heavy (non-hydrogen) atoms. The van der Waals surface area contributed by atoms with Gasteiger partial charge in [0.1, 0.15) is 35.8 Å². The van der Waals surface area contributed by atoms with E-state index in [0.29, 0.717) is 17.5 Å². The minimum atomic E-state index is -1.05. The largest absolute Gasteiger partial charge is 0.503 e. The summed E-state index contributed by atoms with van der Waals surface area (Å²) in [6, 6.07) is 9.99. The number of benzene rings is 2. The first-order valence-electron chi connectivity index (χ1n) is 11.2. The van der Waals surface area contributed by atoms with Crippen molar-refractivity contribution in [3.63, 3.8) is 0 Å². The number of rotatable bonds is 6. The van der Waals surface area contributed by atoms with Gasteiger partial charge in [0.25, 0.3) is 11.8 Å². The Bertz CT molecular complexity index is 1510. The van der Waals surface area contributed by atoms with Crippen molar-refractivity contribution in [3.05, 3.63) is 98.7 Å². The molecular formula is C26H21F2N3O6. The number of hydrogen-bond acceptors (Lipinski definition) is 6. The Morgan fingerprint density at radius 2 is 1.92 bits per heavy atom. The molecule has 1 aromatic heterocycles. The van der Waals surface area contributed by atoms with Crippen LogP contribution in [-0.2, 0) is 24.4 Å². The van der Waals surface area contributed by atoms with Crippen LogP contribution >= 0.6 is 0 Å². The SMILES string of the molecule is COc1ccc(CN2CC3=COCc4c(C(=O)NCc5ccc(F)cc5F)c(=O)c(O)c(n43)C2=O)cc1. The van der Waals surface area contributed by atoms with Crippen LogP contribution < -0.4 is 15.5 Å². The van der Waals surface area contributed by atoms with Crippen LogP contribution in [0.3, 0.4) is 0 Å². The molecule has 0 spiro atoms. The predicted molar refractivity (Wildman–Crippen MR) is 127 cm³/mol. The number of carbonyl (C=O) groups excluding carboxylic acids is 2. The molecule has 0 aliphatic carbocycles. The van der Waals surface area contributed by atoms with Gasteiger partial charge in [-0.2, -0.15) is 0 Å². The highest BCUT2D eigenvalue weighted by molar-refractivity contribution is 6.02. The van der Waals surface area contributed by atoms with Crippen LogP contribution in [0, 0.1) is 11.6 Å². The summed E-state index contributed by atoms with van der Waals surface area (Å²) in [7, 11) is 1.54. The fourth-order valence-electron chi connectivity index (χ4n) is 4.40. The van der Waals surface area contributed by atoms with Crippen molar-refractivity contribution >= 4 is 17.5 Å². The van der Waals surface area contributed by atoms with Crippen molar-refractivity contribution in [1.29, 1.82) is 0 Å². The fourth-order valence-corrected chi connectivity index (χ4v) is 4.40. The molecule has 0 radical (unpaired) electrons. The van der Waals surface area contributed by atoms with E-state index in [1.807, 2.05) is 0 Å². The molecule has 2 N–H and O–H groups in total. The Morgan fingerprint density at radius 3 is 2.62 bits per heavy atom. The summed E-state index contributed by atoms with van der Waals surface area (Å²) in [4.78, 5) is 40.9. The van der Waals surface area contributed by atoms with Gasteiger partial charge in [-0.1, -0.05) is 18.2 Å². The topological polar surface area (TPSA) is 110 Å². The molecule has 0 bridgehead atoms. The highest BCUT2D eigenvalue weighted by Gasteiger charge is 2.38. The molecule has 2 aromatic carbocycles. The third-order valence-electron chi connectivity index (χ3n) is 6.23. The quantitative estimate of drug-likeness (QED) is 0.529. The molecule has 5 rings (SSSR count). The summed E-state index contributed by atoms with van der Waals surface area (Å²) < 4.78 is 39.2. The summed E-state index contributed by atoms with van der Waals surface area (Å²) in [6.07, 6.45) is 1.41.